The molecule has 0 unspecified atom stereocenters. The molecule has 0 radical (unpaired) electrons. The molecule has 0 atom stereocenters. The fourth-order valence-corrected chi connectivity index (χ4v) is 3.71. The second-order valence-electron chi connectivity index (χ2n) is 6.50. The van der Waals surface area contributed by atoms with Gasteiger partial charge < -0.3 is 10.4 Å². The smallest absolute Gasteiger partial charge is 0.337 e. The van der Waals surface area contributed by atoms with E-state index in [4.69, 9.17) is 0 Å². The minimum absolute atomic E-state index is 0.0324. The molecule has 3 rings (SSSR count). The first-order valence-electron chi connectivity index (χ1n) is 8.48. The minimum Gasteiger partial charge on any atom is -0.478 e. The summed E-state index contributed by atoms with van der Waals surface area (Å²) in [6.45, 7) is 3.25. The molecule has 29 heavy (non-hydrogen) atoms. The van der Waals surface area contributed by atoms with Crippen LogP contribution in [0.3, 0.4) is 0 Å². The van der Waals surface area contributed by atoms with Gasteiger partial charge in [-0.25, -0.2) is 9.78 Å². The Balaban J connectivity index is 1.96. The van der Waals surface area contributed by atoms with Gasteiger partial charge in [0, 0.05) is 29.1 Å². The van der Waals surface area contributed by atoms with E-state index < -0.39 is 22.4 Å². The Morgan fingerprint density at radius 1 is 1.31 bits per heavy atom. The number of benzene rings is 1. The summed E-state index contributed by atoms with van der Waals surface area (Å²) in [6.07, 6.45) is 0. The molecule has 1 aromatic carbocycles. The lowest BCUT2D eigenvalue weighted by molar-refractivity contribution is -0.384. The van der Waals surface area contributed by atoms with E-state index in [1.165, 1.54) is 29.6 Å². The van der Waals surface area contributed by atoms with Crippen molar-refractivity contribution < 1.29 is 19.6 Å². The van der Waals surface area contributed by atoms with Gasteiger partial charge in [-0.15, -0.1) is 11.3 Å². The highest BCUT2D eigenvalue weighted by Gasteiger charge is 2.22. The van der Waals surface area contributed by atoms with E-state index >= 15 is 0 Å². The average molecular weight is 416 g/mol. The Morgan fingerprint density at radius 2 is 1.97 bits per heavy atom. The van der Waals surface area contributed by atoms with E-state index in [0.29, 0.717) is 16.3 Å². The predicted molar refractivity (Wildman–Crippen MR) is 107 cm³/mol. The fourth-order valence-electron chi connectivity index (χ4n) is 2.80. The molecule has 11 heteroatoms. The van der Waals surface area contributed by atoms with Crippen LogP contribution >= 0.6 is 11.3 Å². The molecule has 2 N–H and O–H groups in total. The first kappa shape index (κ1) is 20.1. The standard InChI is InChI=1S/C18H16N4O6S/c1-9(2)15-20-16-14(12(8-29-16)18(25)26)17(24)21(15)7-13(23)19-10-3-5-11(6-4-10)22(27)28/h3-6,8-9H,7H2,1-2H3,(H,19,23)(H,25,26). The van der Waals surface area contributed by atoms with E-state index in [1.807, 2.05) is 13.8 Å². The van der Waals surface area contributed by atoms with Crippen LogP contribution < -0.4 is 10.9 Å². The first-order valence-corrected chi connectivity index (χ1v) is 9.36. The number of hydrogen-bond acceptors (Lipinski definition) is 7. The Morgan fingerprint density at radius 3 is 2.52 bits per heavy atom. The van der Waals surface area contributed by atoms with E-state index in [0.717, 1.165) is 15.9 Å². The van der Waals surface area contributed by atoms with Gasteiger partial charge in [-0.05, 0) is 12.1 Å². The van der Waals surface area contributed by atoms with Gasteiger partial charge in [-0.2, -0.15) is 0 Å². The lowest BCUT2D eigenvalue weighted by Crippen LogP contribution is -2.32. The van der Waals surface area contributed by atoms with Gasteiger partial charge in [0.1, 0.15) is 17.2 Å². The highest BCUT2D eigenvalue weighted by atomic mass is 32.1. The summed E-state index contributed by atoms with van der Waals surface area (Å²) in [7, 11) is 0. The van der Waals surface area contributed by atoms with Crippen molar-refractivity contribution in [3.8, 4) is 0 Å². The number of carboxylic acids is 1. The number of carboxylic acid groups (broad SMARTS) is 1. The number of fused-ring (bicyclic) bond motifs is 1. The minimum atomic E-state index is -1.24. The topological polar surface area (TPSA) is 144 Å². The highest BCUT2D eigenvalue weighted by molar-refractivity contribution is 7.17. The molecule has 1 amide bonds. The summed E-state index contributed by atoms with van der Waals surface area (Å²) in [5.41, 5.74) is -0.538. The molecule has 0 fully saturated rings. The number of aromatic nitrogens is 2. The number of nitrogens with one attached hydrogen (secondary N) is 1. The van der Waals surface area contributed by atoms with Crippen molar-refractivity contribution in [3.63, 3.8) is 0 Å². The molecule has 3 aromatic rings. The molecule has 0 spiro atoms. The van der Waals surface area contributed by atoms with E-state index in [9.17, 15) is 29.6 Å². The third kappa shape index (κ3) is 3.99. The zero-order valence-electron chi connectivity index (χ0n) is 15.4. The SMILES string of the molecule is CC(C)c1nc2scc(C(=O)O)c2c(=O)n1CC(=O)Nc1ccc([N+](=O)[O-])cc1. The fraction of sp³-hybridized carbons (Fsp3) is 0.222. The summed E-state index contributed by atoms with van der Waals surface area (Å²) < 4.78 is 1.16. The number of carbonyl (C=O) groups is 2. The van der Waals surface area contributed by atoms with E-state index in [2.05, 4.69) is 10.3 Å². The van der Waals surface area contributed by atoms with Crippen LogP contribution in [0.4, 0.5) is 11.4 Å². The molecular weight excluding hydrogens is 400 g/mol. The van der Waals surface area contributed by atoms with Gasteiger partial charge in [0.05, 0.1) is 15.9 Å². The number of thiophene rings is 1. The van der Waals surface area contributed by atoms with Crippen LogP contribution in [0.15, 0.2) is 34.4 Å². The van der Waals surface area contributed by atoms with Gasteiger partial charge in [0.15, 0.2) is 0 Å². The van der Waals surface area contributed by atoms with Gasteiger partial charge in [0.25, 0.3) is 11.2 Å². The number of anilines is 1. The summed E-state index contributed by atoms with van der Waals surface area (Å²) in [5.74, 6) is -1.61. The monoisotopic (exact) mass is 416 g/mol. The number of non-ortho nitro benzene ring substituents is 1. The molecule has 150 valence electrons. The number of rotatable bonds is 6. The number of carbonyl (C=O) groups excluding carboxylic acids is 1. The largest absolute Gasteiger partial charge is 0.478 e. The lowest BCUT2D eigenvalue weighted by atomic mass is 10.2. The molecular formula is C18H16N4O6S. The number of hydrogen-bond donors (Lipinski definition) is 2. The maximum absolute atomic E-state index is 13.0. The Kier molecular flexibility index (Phi) is 5.41. The van der Waals surface area contributed by atoms with E-state index in [-0.39, 0.29) is 29.1 Å². The Bertz CT molecular complexity index is 1180. The molecule has 0 saturated carbocycles. The lowest BCUT2D eigenvalue weighted by Gasteiger charge is -2.15. The number of amides is 1. The van der Waals surface area contributed by atoms with Crippen LogP contribution in [0.25, 0.3) is 10.2 Å². The Labute approximate surface area is 167 Å². The van der Waals surface area contributed by atoms with Crippen molar-refractivity contribution in [2.75, 3.05) is 5.32 Å². The average Bonchev–Trinajstić information content (AvgIpc) is 3.08. The third-order valence-corrected chi connectivity index (χ3v) is 5.01. The molecule has 10 nitrogen and oxygen atoms in total. The molecule has 0 saturated heterocycles. The van der Waals surface area contributed by atoms with Crippen LogP contribution in [0.2, 0.25) is 0 Å². The van der Waals surface area contributed by atoms with Crippen molar-refractivity contribution in [2.45, 2.75) is 26.3 Å². The number of nitro benzene ring substituents is 1. The Hall–Kier alpha value is -3.60. The van der Waals surface area contributed by atoms with Crippen LogP contribution in [0, 0.1) is 10.1 Å². The maximum Gasteiger partial charge on any atom is 0.337 e. The second kappa shape index (κ2) is 7.80. The number of aromatic carboxylic acids is 1. The van der Waals surface area contributed by atoms with Gasteiger partial charge in [-0.1, -0.05) is 13.8 Å². The quantitative estimate of drug-likeness (QED) is 0.464. The van der Waals surface area contributed by atoms with Gasteiger partial charge >= 0.3 is 5.97 Å². The van der Waals surface area contributed by atoms with E-state index in [1.54, 1.807) is 0 Å². The molecule has 0 aliphatic carbocycles. The highest BCUT2D eigenvalue weighted by Crippen LogP contribution is 2.24. The summed E-state index contributed by atoms with van der Waals surface area (Å²) in [6, 6.07) is 5.26. The van der Waals surface area contributed by atoms with Crippen molar-refractivity contribution in [1.29, 1.82) is 0 Å². The third-order valence-electron chi connectivity index (χ3n) is 4.13. The molecule has 0 bridgehead atoms. The zero-order valence-corrected chi connectivity index (χ0v) is 16.2. The summed E-state index contributed by atoms with van der Waals surface area (Å²) in [5, 5.41) is 23.9. The molecule has 2 heterocycles. The van der Waals surface area contributed by atoms with Crippen molar-refractivity contribution in [1.82, 2.24) is 9.55 Å². The van der Waals surface area contributed by atoms with Gasteiger partial charge in [-0.3, -0.25) is 24.3 Å². The van der Waals surface area contributed by atoms with Crippen molar-refractivity contribution in [3.05, 3.63) is 61.5 Å². The van der Waals surface area contributed by atoms with Crippen LogP contribution in [-0.2, 0) is 11.3 Å². The molecule has 0 aliphatic rings. The second-order valence-corrected chi connectivity index (χ2v) is 7.36. The zero-order chi connectivity index (χ0) is 21.3. The predicted octanol–water partition coefficient (Wildman–Crippen LogP) is 2.83. The normalized spacial score (nSPS) is 11.0. The first-order chi connectivity index (χ1) is 13.7. The summed E-state index contributed by atoms with van der Waals surface area (Å²) in [4.78, 5) is 51.7. The van der Waals surface area contributed by atoms with Crippen molar-refractivity contribution in [2.24, 2.45) is 0 Å². The van der Waals surface area contributed by atoms with Gasteiger partial charge in [0.2, 0.25) is 5.91 Å². The van der Waals surface area contributed by atoms with Crippen LogP contribution in [0.5, 0.6) is 0 Å². The van der Waals surface area contributed by atoms with Crippen LogP contribution in [-0.4, -0.2) is 31.5 Å². The van der Waals surface area contributed by atoms with Crippen LogP contribution in [0.1, 0.15) is 35.9 Å². The number of nitrogens with zero attached hydrogens (tertiary/aromatic N) is 3. The van der Waals surface area contributed by atoms with Crippen molar-refractivity contribution >= 4 is 44.8 Å². The summed E-state index contributed by atoms with van der Waals surface area (Å²) >= 11 is 1.06. The molecule has 2 aromatic heterocycles. The maximum atomic E-state index is 13.0. The number of nitro groups is 1. The molecule has 0 aliphatic heterocycles.